The number of nitrogens with one attached hydrogen (secondary N) is 1. The van der Waals surface area contributed by atoms with Crippen LogP contribution in [-0.2, 0) is 4.74 Å². The van der Waals surface area contributed by atoms with Gasteiger partial charge in [-0.15, -0.1) is 23.1 Å². The van der Waals surface area contributed by atoms with Gasteiger partial charge in [0.15, 0.2) is 0 Å². The number of benzene rings is 2. The lowest BCUT2D eigenvalue weighted by Crippen LogP contribution is -2.17. The maximum Gasteiger partial charge on any atom is 0.0832 e. The summed E-state index contributed by atoms with van der Waals surface area (Å²) in [5, 5.41) is 5.34. The van der Waals surface area contributed by atoms with Crippen molar-refractivity contribution in [3.05, 3.63) is 54.2 Å². The van der Waals surface area contributed by atoms with E-state index in [0.29, 0.717) is 5.25 Å². The number of anilines is 2. The Bertz CT molecular complexity index is 1090. The highest BCUT2D eigenvalue weighted by molar-refractivity contribution is 8.00. The third-order valence-corrected chi connectivity index (χ3v) is 6.93. The largest absolute Gasteiger partial charge is 0.381 e. The summed E-state index contributed by atoms with van der Waals surface area (Å²) in [7, 11) is 0. The molecule has 0 spiro atoms. The van der Waals surface area contributed by atoms with Gasteiger partial charge in [0.1, 0.15) is 0 Å². The van der Waals surface area contributed by atoms with Gasteiger partial charge in [-0.05, 0) is 55.3 Å². The SMILES string of the molecule is c1cc(Nc2ccc3scnc3c2)c2cc(SC3CCOCC3)ccc2n1. The van der Waals surface area contributed by atoms with Crippen LogP contribution in [0.3, 0.4) is 0 Å². The third-order valence-electron chi connectivity index (χ3n) is 4.79. The molecule has 1 fully saturated rings. The van der Waals surface area contributed by atoms with Crippen molar-refractivity contribution in [3.63, 3.8) is 0 Å². The Labute approximate surface area is 166 Å². The van der Waals surface area contributed by atoms with Crippen molar-refractivity contribution in [3.8, 4) is 0 Å². The van der Waals surface area contributed by atoms with Gasteiger partial charge in [0.25, 0.3) is 0 Å². The van der Waals surface area contributed by atoms with Crippen LogP contribution in [0.15, 0.2) is 59.1 Å². The van der Waals surface area contributed by atoms with Gasteiger partial charge in [0.2, 0.25) is 0 Å². The van der Waals surface area contributed by atoms with E-state index in [4.69, 9.17) is 4.74 Å². The fourth-order valence-electron chi connectivity index (χ4n) is 3.39. The summed E-state index contributed by atoms with van der Waals surface area (Å²) < 4.78 is 6.68. The summed E-state index contributed by atoms with van der Waals surface area (Å²) in [5.41, 5.74) is 6.04. The van der Waals surface area contributed by atoms with E-state index >= 15 is 0 Å². The molecule has 4 nitrogen and oxygen atoms in total. The fraction of sp³-hybridized carbons (Fsp3) is 0.238. The van der Waals surface area contributed by atoms with Gasteiger partial charge in [0.05, 0.1) is 21.2 Å². The Kier molecular flexibility index (Phi) is 4.69. The van der Waals surface area contributed by atoms with E-state index < -0.39 is 0 Å². The Morgan fingerprint density at radius 1 is 1.00 bits per heavy atom. The van der Waals surface area contributed by atoms with E-state index in [2.05, 4.69) is 51.7 Å². The van der Waals surface area contributed by atoms with Crippen molar-refractivity contribution < 1.29 is 4.74 Å². The number of hydrogen-bond acceptors (Lipinski definition) is 6. The number of fused-ring (bicyclic) bond motifs is 2. The molecule has 2 aromatic carbocycles. The van der Waals surface area contributed by atoms with Crippen LogP contribution in [0.2, 0.25) is 0 Å². The van der Waals surface area contributed by atoms with Crippen LogP contribution in [0.4, 0.5) is 11.4 Å². The van der Waals surface area contributed by atoms with Gasteiger partial charge in [-0.1, -0.05) is 0 Å². The molecule has 1 N–H and O–H groups in total. The second-order valence-corrected chi connectivity index (χ2v) is 8.89. The van der Waals surface area contributed by atoms with Crippen LogP contribution >= 0.6 is 23.1 Å². The molecule has 0 bridgehead atoms. The van der Waals surface area contributed by atoms with Gasteiger partial charge in [-0.2, -0.15) is 0 Å². The third kappa shape index (κ3) is 3.65. The molecule has 3 heterocycles. The topological polar surface area (TPSA) is 47.0 Å². The molecule has 5 rings (SSSR count). The highest BCUT2D eigenvalue weighted by Gasteiger charge is 2.15. The number of ether oxygens (including phenoxy) is 1. The average molecular weight is 394 g/mol. The standard InChI is InChI=1S/C21H19N3OS2/c1-4-21-20(23-13-26-21)11-14(1)24-19-5-8-22-18-3-2-16(12-17(18)19)27-15-6-9-25-10-7-15/h1-5,8,11-13,15H,6-7,9-10H2,(H,22,24). The number of thiazole rings is 1. The summed E-state index contributed by atoms with van der Waals surface area (Å²) in [6.07, 6.45) is 4.10. The highest BCUT2D eigenvalue weighted by atomic mass is 32.2. The minimum absolute atomic E-state index is 0.636. The van der Waals surface area contributed by atoms with Crippen molar-refractivity contribution in [2.45, 2.75) is 23.0 Å². The van der Waals surface area contributed by atoms with Crippen LogP contribution in [-0.4, -0.2) is 28.4 Å². The molecule has 27 heavy (non-hydrogen) atoms. The van der Waals surface area contributed by atoms with Crippen LogP contribution in [0.1, 0.15) is 12.8 Å². The molecule has 1 aliphatic heterocycles. The van der Waals surface area contributed by atoms with Crippen LogP contribution < -0.4 is 5.32 Å². The Morgan fingerprint density at radius 2 is 1.93 bits per heavy atom. The summed E-state index contributed by atoms with van der Waals surface area (Å²) in [4.78, 5) is 10.2. The van der Waals surface area contributed by atoms with Gasteiger partial charge in [-0.25, -0.2) is 4.98 Å². The van der Waals surface area contributed by atoms with Crippen molar-refractivity contribution in [1.29, 1.82) is 0 Å². The molecule has 0 atom stereocenters. The zero-order valence-corrected chi connectivity index (χ0v) is 16.4. The molecule has 0 saturated carbocycles. The van der Waals surface area contributed by atoms with E-state index in [1.54, 1.807) is 11.3 Å². The number of pyridine rings is 1. The number of thioether (sulfide) groups is 1. The summed E-state index contributed by atoms with van der Waals surface area (Å²) >= 11 is 3.62. The Balaban J connectivity index is 1.46. The lowest BCUT2D eigenvalue weighted by Gasteiger charge is -2.21. The molecule has 136 valence electrons. The number of rotatable bonds is 4. The number of hydrogen-bond donors (Lipinski definition) is 1. The predicted octanol–water partition coefficient (Wildman–Crippen LogP) is 5.86. The molecule has 0 radical (unpaired) electrons. The van der Waals surface area contributed by atoms with E-state index in [1.165, 1.54) is 9.60 Å². The molecule has 6 heteroatoms. The molecule has 0 unspecified atom stereocenters. The van der Waals surface area contributed by atoms with Gasteiger partial charge >= 0.3 is 0 Å². The van der Waals surface area contributed by atoms with E-state index in [1.807, 2.05) is 29.5 Å². The molecule has 1 aliphatic rings. The lowest BCUT2D eigenvalue weighted by molar-refractivity contribution is 0.100. The van der Waals surface area contributed by atoms with Gasteiger partial charge in [0, 0.05) is 46.3 Å². The predicted molar refractivity (Wildman–Crippen MR) is 114 cm³/mol. The van der Waals surface area contributed by atoms with Crippen molar-refractivity contribution in [2.75, 3.05) is 18.5 Å². The first kappa shape index (κ1) is 17.0. The van der Waals surface area contributed by atoms with Crippen molar-refractivity contribution in [1.82, 2.24) is 9.97 Å². The van der Waals surface area contributed by atoms with Crippen LogP contribution in [0.5, 0.6) is 0 Å². The van der Waals surface area contributed by atoms with E-state index in [0.717, 1.165) is 53.8 Å². The average Bonchev–Trinajstić information content (AvgIpc) is 3.17. The highest BCUT2D eigenvalue weighted by Crippen LogP contribution is 2.34. The first-order valence-corrected chi connectivity index (χ1v) is 10.8. The molecule has 0 amide bonds. The van der Waals surface area contributed by atoms with Crippen molar-refractivity contribution in [2.24, 2.45) is 0 Å². The molecule has 0 aliphatic carbocycles. The maximum absolute atomic E-state index is 5.48. The number of aromatic nitrogens is 2. The summed E-state index contributed by atoms with van der Waals surface area (Å²) in [5.74, 6) is 0. The summed E-state index contributed by atoms with van der Waals surface area (Å²) in [6, 6.07) is 14.9. The van der Waals surface area contributed by atoms with E-state index in [9.17, 15) is 0 Å². The molecular formula is C21H19N3OS2. The van der Waals surface area contributed by atoms with Crippen LogP contribution in [0, 0.1) is 0 Å². The normalized spacial score (nSPS) is 15.4. The smallest absolute Gasteiger partial charge is 0.0832 e. The first-order chi connectivity index (χ1) is 13.3. The maximum atomic E-state index is 5.48. The monoisotopic (exact) mass is 393 g/mol. The van der Waals surface area contributed by atoms with Crippen molar-refractivity contribution >= 4 is 55.6 Å². The Morgan fingerprint density at radius 3 is 2.85 bits per heavy atom. The Hall–Kier alpha value is -2.15. The molecule has 4 aromatic rings. The second-order valence-electron chi connectivity index (χ2n) is 6.63. The quantitative estimate of drug-likeness (QED) is 0.470. The first-order valence-electron chi connectivity index (χ1n) is 9.09. The fourth-order valence-corrected chi connectivity index (χ4v) is 5.19. The minimum atomic E-state index is 0.636. The molecule has 2 aromatic heterocycles. The lowest BCUT2D eigenvalue weighted by atomic mass is 10.2. The number of nitrogens with zero attached hydrogens (tertiary/aromatic N) is 2. The molecular weight excluding hydrogens is 374 g/mol. The minimum Gasteiger partial charge on any atom is -0.381 e. The molecule has 1 saturated heterocycles. The van der Waals surface area contributed by atoms with Gasteiger partial charge in [-0.3, -0.25) is 4.98 Å². The zero-order valence-electron chi connectivity index (χ0n) is 14.7. The summed E-state index contributed by atoms with van der Waals surface area (Å²) in [6.45, 7) is 1.75. The van der Waals surface area contributed by atoms with E-state index in [-0.39, 0.29) is 0 Å². The van der Waals surface area contributed by atoms with Gasteiger partial charge < -0.3 is 10.1 Å². The van der Waals surface area contributed by atoms with Crippen LogP contribution in [0.25, 0.3) is 21.1 Å². The zero-order chi connectivity index (χ0) is 18.1. The second kappa shape index (κ2) is 7.46.